The Morgan fingerprint density at radius 2 is 1.44 bits per heavy atom. The van der Waals surface area contributed by atoms with Crippen molar-refractivity contribution in [3.8, 4) is 17.2 Å². The maximum atomic E-state index is 13.5. The van der Waals surface area contributed by atoms with Crippen molar-refractivity contribution in [1.82, 2.24) is 0 Å². The summed E-state index contributed by atoms with van der Waals surface area (Å²) in [5, 5.41) is 8.80. The zero-order valence-corrected chi connectivity index (χ0v) is 8.85. The minimum absolute atomic E-state index is 0.117. The molecule has 2 aromatic rings. The SMILES string of the molecule is N#Cc1cc(F)c(F)cc1-c1ccc(F)cc1F. The first kappa shape index (κ1) is 12.1. The van der Waals surface area contributed by atoms with Gasteiger partial charge in [-0.2, -0.15) is 5.26 Å². The maximum absolute atomic E-state index is 13.5. The molecule has 0 heterocycles. The average molecular weight is 251 g/mol. The molecule has 0 aliphatic carbocycles. The molecule has 2 rings (SSSR count). The number of benzene rings is 2. The van der Waals surface area contributed by atoms with Crippen LogP contribution in [0.4, 0.5) is 17.6 Å². The summed E-state index contributed by atoms with van der Waals surface area (Å²) in [6, 6.07) is 5.67. The van der Waals surface area contributed by atoms with E-state index in [0.717, 1.165) is 12.1 Å². The predicted molar refractivity (Wildman–Crippen MR) is 56.4 cm³/mol. The highest BCUT2D eigenvalue weighted by Gasteiger charge is 2.14. The van der Waals surface area contributed by atoms with Gasteiger partial charge in [-0.05, 0) is 24.3 Å². The molecule has 0 aromatic heterocycles. The molecule has 18 heavy (non-hydrogen) atoms. The minimum Gasteiger partial charge on any atom is -0.207 e. The fourth-order valence-electron chi connectivity index (χ4n) is 1.57. The Morgan fingerprint density at radius 1 is 0.778 bits per heavy atom. The van der Waals surface area contributed by atoms with Gasteiger partial charge < -0.3 is 0 Å². The average Bonchev–Trinajstić information content (AvgIpc) is 2.32. The van der Waals surface area contributed by atoms with Crippen LogP contribution >= 0.6 is 0 Å². The van der Waals surface area contributed by atoms with Crippen LogP contribution in [0.3, 0.4) is 0 Å². The molecule has 0 amide bonds. The van der Waals surface area contributed by atoms with Crippen molar-refractivity contribution in [2.24, 2.45) is 0 Å². The summed E-state index contributed by atoms with van der Waals surface area (Å²) in [4.78, 5) is 0. The first-order valence-electron chi connectivity index (χ1n) is 4.87. The third-order valence-corrected chi connectivity index (χ3v) is 2.40. The van der Waals surface area contributed by atoms with E-state index >= 15 is 0 Å². The molecule has 0 radical (unpaired) electrons. The highest BCUT2D eigenvalue weighted by molar-refractivity contribution is 5.71. The minimum atomic E-state index is -1.20. The number of halogens is 4. The van der Waals surface area contributed by atoms with Gasteiger partial charge in [0, 0.05) is 17.2 Å². The van der Waals surface area contributed by atoms with Crippen molar-refractivity contribution in [3.05, 3.63) is 59.2 Å². The molecule has 5 heteroatoms. The molecule has 1 nitrogen and oxygen atoms in total. The summed E-state index contributed by atoms with van der Waals surface area (Å²) in [6.45, 7) is 0. The van der Waals surface area contributed by atoms with Crippen LogP contribution in [0, 0.1) is 34.6 Å². The Morgan fingerprint density at radius 3 is 2.06 bits per heavy atom. The summed E-state index contributed by atoms with van der Waals surface area (Å²) < 4.78 is 52.3. The van der Waals surface area contributed by atoms with Crippen LogP contribution in [-0.2, 0) is 0 Å². The van der Waals surface area contributed by atoms with E-state index in [0.29, 0.717) is 18.2 Å². The molecule has 0 N–H and O–H groups in total. The fraction of sp³-hybridized carbons (Fsp3) is 0. The summed E-state index contributed by atoms with van der Waals surface area (Å²) >= 11 is 0. The van der Waals surface area contributed by atoms with Gasteiger partial charge in [0.25, 0.3) is 0 Å². The van der Waals surface area contributed by atoms with E-state index in [4.69, 9.17) is 5.26 Å². The molecule has 0 unspecified atom stereocenters. The monoisotopic (exact) mass is 251 g/mol. The standard InChI is InChI=1S/C13H5F4N/c14-8-1-2-9(11(15)4-8)10-5-13(17)12(16)3-7(10)6-18/h1-5H. The van der Waals surface area contributed by atoms with Gasteiger partial charge in [-0.15, -0.1) is 0 Å². The Kier molecular flexibility index (Phi) is 3.02. The van der Waals surface area contributed by atoms with Crippen molar-refractivity contribution in [2.45, 2.75) is 0 Å². The van der Waals surface area contributed by atoms with Crippen molar-refractivity contribution in [3.63, 3.8) is 0 Å². The number of rotatable bonds is 1. The smallest absolute Gasteiger partial charge is 0.160 e. The first-order chi connectivity index (χ1) is 8.52. The lowest BCUT2D eigenvalue weighted by atomic mass is 9.99. The fourth-order valence-corrected chi connectivity index (χ4v) is 1.57. The summed E-state index contributed by atoms with van der Waals surface area (Å²) in [7, 11) is 0. The number of nitrogens with zero attached hydrogens (tertiary/aromatic N) is 1. The van der Waals surface area contributed by atoms with Crippen LogP contribution in [0.5, 0.6) is 0 Å². The predicted octanol–water partition coefficient (Wildman–Crippen LogP) is 3.78. The molecule has 90 valence electrons. The van der Waals surface area contributed by atoms with E-state index in [1.807, 2.05) is 0 Å². The number of hydrogen-bond acceptors (Lipinski definition) is 1. The third kappa shape index (κ3) is 2.05. The van der Waals surface area contributed by atoms with Gasteiger partial charge in [-0.1, -0.05) is 0 Å². The molecule has 2 aromatic carbocycles. The van der Waals surface area contributed by atoms with Gasteiger partial charge in [0.05, 0.1) is 11.6 Å². The molecule has 0 fully saturated rings. The molecular formula is C13H5F4N. The quantitative estimate of drug-likeness (QED) is 0.707. The van der Waals surface area contributed by atoms with Crippen LogP contribution < -0.4 is 0 Å². The van der Waals surface area contributed by atoms with E-state index in [1.54, 1.807) is 6.07 Å². The Balaban J connectivity index is 2.71. The van der Waals surface area contributed by atoms with Crippen LogP contribution in [0.15, 0.2) is 30.3 Å². The highest BCUT2D eigenvalue weighted by atomic mass is 19.2. The zero-order valence-electron chi connectivity index (χ0n) is 8.85. The van der Waals surface area contributed by atoms with Crippen molar-refractivity contribution < 1.29 is 17.6 Å². The van der Waals surface area contributed by atoms with Crippen LogP contribution in [0.1, 0.15) is 5.56 Å². The van der Waals surface area contributed by atoms with Gasteiger partial charge in [-0.3, -0.25) is 0 Å². The second-order valence-electron chi connectivity index (χ2n) is 3.55. The van der Waals surface area contributed by atoms with Crippen LogP contribution in [0.25, 0.3) is 11.1 Å². The molecule has 0 atom stereocenters. The normalized spacial score (nSPS) is 10.2. The Bertz CT molecular complexity index is 659. The van der Waals surface area contributed by atoms with E-state index in [1.165, 1.54) is 0 Å². The highest BCUT2D eigenvalue weighted by Crippen LogP contribution is 2.28. The Hall–Kier alpha value is -2.35. The van der Waals surface area contributed by atoms with Gasteiger partial charge >= 0.3 is 0 Å². The molecule has 0 saturated heterocycles. The van der Waals surface area contributed by atoms with Crippen LogP contribution in [0.2, 0.25) is 0 Å². The molecule has 0 aliphatic rings. The maximum Gasteiger partial charge on any atom is 0.160 e. The molecule has 0 saturated carbocycles. The molecular weight excluding hydrogens is 246 g/mol. The lowest BCUT2D eigenvalue weighted by Crippen LogP contribution is -1.94. The molecule has 0 spiro atoms. The van der Waals surface area contributed by atoms with E-state index < -0.39 is 23.3 Å². The lowest BCUT2D eigenvalue weighted by molar-refractivity contribution is 0.508. The summed E-state index contributed by atoms with van der Waals surface area (Å²) in [6.07, 6.45) is 0. The van der Waals surface area contributed by atoms with Gasteiger partial charge in [0.2, 0.25) is 0 Å². The van der Waals surface area contributed by atoms with E-state index in [9.17, 15) is 17.6 Å². The number of hydrogen-bond donors (Lipinski definition) is 0. The van der Waals surface area contributed by atoms with Crippen molar-refractivity contribution >= 4 is 0 Å². The largest absolute Gasteiger partial charge is 0.207 e. The topological polar surface area (TPSA) is 23.8 Å². The second-order valence-corrected chi connectivity index (χ2v) is 3.55. The van der Waals surface area contributed by atoms with Gasteiger partial charge in [-0.25, -0.2) is 17.6 Å². The van der Waals surface area contributed by atoms with Gasteiger partial charge in [0.1, 0.15) is 11.6 Å². The summed E-state index contributed by atoms with van der Waals surface area (Å²) in [5.41, 5.74) is -0.500. The van der Waals surface area contributed by atoms with Crippen LogP contribution in [-0.4, -0.2) is 0 Å². The lowest BCUT2D eigenvalue weighted by Gasteiger charge is -2.06. The third-order valence-electron chi connectivity index (χ3n) is 2.40. The second kappa shape index (κ2) is 4.49. The first-order valence-corrected chi connectivity index (χ1v) is 4.87. The van der Waals surface area contributed by atoms with E-state index in [2.05, 4.69) is 0 Å². The van der Waals surface area contributed by atoms with Crippen molar-refractivity contribution in [1.29, 1.82) is 5.26 Å². The molecule has 0 aliphatic heterocycles. The molecule has 0 bridgehead atoms. The number of nitriles is 1. The summed E-state index contributed by atoms with van der Waals surface area (Å²) in [5.74, 6) is -4.14. The Labute approximate surface area is 99.9 Å². The van der Waals surface area contributed by atoms with E-state index in [-0.39, 0.29) is 16.7 Å². The van der Waals surface area contributed by atoms with Crippen molar-refractivity contribution in [2.75, 3.05) is 0 Å². The van der Waals surface area contributed by atoms with Gasteiger partial charge in [0.15, 0.2) is 11.6 Å². The zero-order chi connectivity index (χ0) is 13.3.